The Balaban J connectivity index is 0.00000144. The lowest BCUT2D eigenvalue weighted by molar-refractivity contribution is -0.119. The second-order valence-electron chi connectivity index (χ2n) is 3.76. The highest BCUT2D eigenvalue weighted by Gasteiger charge is 2.03. The molecule has 0 aliphatic rings. The number of benzene rings is 1. The summed E-state index contributed by atoms with van der Waals surface area (Å²) in [5.41, 5.74) is 1.21. The SMILES string of the molecule is O=C(CCc1ccccc1)Cn1ccnc1.[Cl-]. The van der Waals surface area contributed by atoms with Gasteiger partial charge in [0.05, 0.1) is 12.9 Å². The maximum Gasteiger partial charge on any atom is 0.152 e. The van der Waals surface area contributed by atoms with E-state index in [4.69, 9.17) is 0 Å². The molecule has 0 unspecified atom stereocenters. The van der Waals surface area contributed by atoms with Crippen LogP contribution in [0, 0.1) is 0 Å². The molecule has 90 valence electrons. The molecule has 2 rings (SSSR count). The predicted octanol–water partition coefficient (Wildman–Crippen LogP) is -0.911. The van der Waals surface area contributed by atoms with Gasteiger partial charge in [-0.3, -0.25) is 4.79 Å². The van der Waals surface area contributed by atoms with E-state index in [2.05, 4.69) is 4.98 Å². The van der Waals surface area contributed by atoms with Gasteiger partial charge in [0.2, 0.25) is 0 Å². The Morgan fingerprint density at radius 1 is 1.24 bits per heavy atom. The topological polar surface area (TPSA) is 34.9 Å². The molecule has 0 saturated carbocycles. The second-order valence-corrected chi connectivity index (χ2v) is 3.76. The Morgan fingerprint density at radius 2 is 2.00 bits per heavy atom. The summed E-state index contributed by atoms with van der Waals surface area (Å²) >= 11 is 0. The number of ketones is 1. The first kappa shape index (κ1) is 13.5. The zero-order valence-corrected chi connectivity index (χ0v) is 10.2. The fourth-order valence-corrected chi connectivity index (χ4v) is 1.59. The number of Topliss-reactive ketones (excluding diaryl/α,β-unsaturated/α-hetero) is 1. The standard InChI is InChI=1S/C13H14N2O.ClH/c16-13(10-15-9-8-14-11-15)7-6-12-4-2-1-3-5-12;/h1-5,8-9,11H,6-7,10H2;1H/p-1. The van der Waals surface area contributed by atoms with Gasteiger partial charge in [0.1, 0.15) is 0 Å². The van der Waals surface area contributed by atoms with E-state index in [0.29, 0.717) is 13.0 Å². The van der Waals surface area contributed by atoms with Crippen molar-refractivity contribution in [3.05, 3.63) is 54.6 Å². The minimum atomic E-state index is 0. The molecule has 0 N–H and O–H groups in total. The molecule has 0 radical (unpaired) electrons. The fourth-order valence-electron chi connectivity index (χ4n) is 1.59. The van der Waals surface area contributed by atoms with Crippen LogP contribution in [0.5, 0.6) is 0 Å². The van der Waals surface area contributed by atoms with Crippen molar-refractivity contribution in [2.24, 2.45) is 0 Å². The van der Waals surface area contributed by atoms with Gasteiger partial charge in [0.15, 0.2) is 5.78 Å². The number of nitrogens with zero attached hydrogens (tertiary/aromatic N) is 2. The Morgan fingerprint density at radius 3 is 2.65 bits per heavy atom. The van der Waals surface area contributed by atoms with Crippen LogP contribution in [0.4, 0.5) is 0 Å². The number of carbonyl (C=O) groups excluding carboxylic acids is 1. The van der Waals surface area contributed by atoms with E-state index < -0.39 is 0 Å². The summed E-state index contributed by atoms with van der Waals surface area (Å²) in [6.07, 6.45) is 6.56. The molecule has 0 aliphatic heterocycles. The van der Waals surface area contributed by atoms with Gasteiger partial charge in [-0.25, -0.2) is 4.98 Å². The van der Waals surface area contributed by atoms with Gasteiger partial charge >= 0.3 is 0 Å². The summed E-state index contributed by atoms with van der Waals surface area (Å²) in [5, 5.41) is 0. The van der Waals surface area contributed by atoms with Crippen LogP contribution in [-0.2, 0) is 17.8 Å². The zero-order valence-electron chi connectivity index (χ0n) is 9.42. The summed E-state index contributed by atoms with van der Waals surface area (Å²) in [6, 6.07) is 10.1. The van der Waals surface area contributed by atoms with Crippen LogP contribution in [-0.4, -0.2) is 15.3 Å². The Bertz CT molecular complexity index is 440. The first-order valence-electron chi connectivity index (χ1n) is 5.36. The maximum atomic E-state index is 11.6. The highest BCUT2D eigenvalue weighted by molar-refractivity contribution is 5.78. The van der Waals surface area contributed by atoms with Crippen LogP contribution < -0.4 is 12.4 Å². The molecule has 1 aromatic carbocycles. The molecular formula is C13H14ClN2O-. The smallest absolute Gasteiger partial charge is 0.152 e. The molecule has 17 heavy (non-hydrogen) atoms. The van der Waals surface area contributed by atoms with Crippen molar-refractivity contribution < 1.29 is 17.2 Å². The quantitative estimate of drug-likeness (QED) is 0.688. The molecular weight excluding hydrogens is 236 g/mol. The summed E-state index contributed by atoms with van der Waals surface area (Å²) in [4.78, 5) is 15.5. The molecule has 1 heterocycles. The third-order valence-electron chi connectivity index (χ3n) is 2.45. The van der Waals surface area contributed by atoms with Crippen LogP contribution >= 0.6 is 0 Å². The molecule has 0 atom stereocenters. The van der Waals surface area contributed by atoms with Crippen molar-refractivity contribution in [3.63, 3.8) is 0 Å². The fraction of sp³-hybridized carbons (Fsp3) is 0.231. The van der Waals surface area contributed by atoms with E-state index in [1.807, 2.05) is 30.3 Å². The zero-order chi connectivity index (χ0) is 11.2. The molecule has 3 nitrogen and oxygen atoms in total. The highest BCUT2D eigenvalue weighted by Crippen LogP contribution is 2.03. The number of aryl methyl sites for hydroxylation is 1. The van der Waals surface area contributed by atoms with Crippen molar-refractivity contribution >= 4 is 5.78 Å². The summed E-state index contributed by atoms with van der Waals surface area (Å²) < 4.78 is 1.80. The second kappa shape index (κ2) is 6.86. The van der Waals surface area contributed by atoms with E-state index >= 15 is 0 Å². The minimum absolute atomic E-state index is 0. The van der Waals surface area contributed by atoms with Gasteiger partial charge in [-0.1, -0.05) is 30.3 Å². The Labute approximate surface area is 107 Å². The molecule has 0 fully saturated rings. The lowest BCUT2D eigenvalue weighted by Crippen LogP contribution is -3.00. The molecule has 2 aromatic rings. The summed E-state index contributed by atoms with van der Waals surface area (Å²) in [6.45, 7) is 0.423. The third-order valence-corrected chi connectivity index (χ3v) is 2.45. The van der Waals surface area contributed by atoms with E-state index in [9.17, 15) is 4.79 Å². The number of halogens is 1. The van der Waals surface area contributed by atoms with Gasteiger partial charge in [-0.2, -0.15) is 0 Å². The predicted molar refractivity (Wildman–Crippen MR) is 62.0 cm³/mol. The van der Waals surface area contributed by atoms with E-state index in [1.165, 1.54) is 5.56 Å². The summed E-state index contributed by atoms with van der Waals surface area (Å²) in [7, 11) is 0. The van der Waals surface area contributed by atoms with Gasteiger partial charge < -0.3 is 17.0 Å². The van der Waals surface area contributed by atoms with Crippen LogP contribution in [0.15, 0.2) is 49.1 Å². The molecule has 0 spiro atoms. The van der Waals surface area contributed by atoms with Crippen LogP contribution in [0.25, 0.3) is 0 Å². The van der Waals surface area contributed by atoms with Gasteiger partial charge in [-0.05, 0) is 12.0 Å². The number of hydrogen-bond acceptors (Lipinski definition) is 2. The molecule has 1 aromatic heterocycles. The summed E-state index contributed by atoms with van der Waals surface area (Å²) in [5.74, 6) is 0.238. The lowest BCUT2D eigenvalue weighted by atomic mass is 10.1. The Kier molecular flexibility index (Phi) is 5.43. The monoisotopic (exact) mass is 249 g/mol. The molecule has 0 saturated heterocycles. The first-order valence-corrected chi connectivity index (χ1v) is 5.36. The molecule has 0 aliphatic carbocycles. The normalized spacial score (nSPS) is 9.65. The van der Waals surface area contributed by atoms with Crippen molar-refractivity contribution in [2.75, 3.05) is 0 Å². The average molecular weight is 250 g/mol. The molecule has 0 amide bonds. The third kappa shape index (κ3) is 4.41. The van der Waals surface area contributed by atoms with Crippen molar-refractivity contribution in [1.82, 2.24) is 9.55 Å². The van der Waals surface area contributed by atoms with E-state index in [-0.39, 0.29) is 18.2 Å². The van der Waals surface area contributed by atoms with Crippen LogP contribution in [0.1, 0.15) is 12.0 Å². The average Bonchev–Trinajstić information content (AvgIpc) is 2.81. The number of rotatable bonds is 5. The van der Waals surface area contributed by atoms with E-state index in [0.717, 1.165) is 6.42 Å². The number of carbonyl (C=O) groups is 1. The van der Waals surface area contributed by atoms with Crippen molar-refractivity contribution in [1.29, 1.82) is 0 Å². The van der Waals surface area contributed by atoms with Crippen molar-refractivity contribution in [3.8, 4) is 0 Å². The lowest BCUT2D eigenvalue weighted by Gasteiger charge is -2.02. The first-order chi connectivity index (χ1) is 7.84. The van der Waals surface area contributed by atoms with E-state index in [1.54, 1.807) is 23.3 Å². The highest BCUT2D eigenvalue weighted by atomic mass is 35.5. The van der Waals surface area contributed by atoms with Gasteiger partial charge in [0, 0.05) is 18.8 Å². The van der Waals surface area contributed by atoms with Gasteiger partial charge in [-0.15, -0.1) is 0 Å². The van der Waals surface area contributed by atoms with Crippen LogP contribution in [0.3, 0.4) is 0 Å². The number of imidazole rings is 1. The number of hydrogen-bond donors (Lipinski definition) is 0. The molecule has 4 heteroatoms. The molecule has 0 bridgehead atoms. The van der Waals surface area contributed by atoms with Crippen molar-refractivity contribution in [2.45, 2.75) is 19.4 Å². The maximum absolute atomic E-state index is 11.6. The Hall–Kier alpha value is -1.61. The number of aromatic nitrogens is 2. The minimum Gasteiger partial charge on any atom is -1.00 e. The van der Waals surface area contributed by atoms with Crippen LogP contribution in [0.2, 0.25) is 0 Å². The largest absolute Gasteiger partial charge is 1.00 e. The van der Waals surface area contributed by atoms with Gasteiger partial charge in [0.25, 0.3) is 0 Å².